The van der Waals surface area contributed by atoms with Gasteiger partial charge in [-0.05, 0) is 25.1 Å². The van der Waals surface area contributed by atoms with E-state index in [-0.39, 0.29) is 5.91 Å². The van der Waals surface area contributed by atoms with Crippen molar-refractivity contribution >= 4 is 17.2 Å². The molecule has 0 saturated carbocycles. The van der Waals surface area contributed by atoms with E-state index in [2.05, 4.69) is 15.5 Å². The lowest BCUT2D eigenvalue weighted by molar-refractivity contribution is 0.0958. The molecule has 2 N–H and O–H groups in total. The van der Waals surface area contributed by atoms with Crippen LogP contribution in [-0.2, 0) is 0 Å². The summed E-state index contributed by atoms with van der Waals surface area (Å²) in [6.45, 7) is 2.05. The summed E-state index contributed by atoms with van der Waals surface area (Å²) in [7, 11) is 1.59. The Bertz CT molecular complexity index is 486. The van der Waals surface area contributed by atoms with Crippen molar-refractivity contribution in [1.29, 1.82) is 0 Å². The first-order valence-corrected chi connectivity index (χ1v) is 5.36. The zero-order chi connectivity index (χ0) is 10.8. The van der Waals surface area contributed by atoms with Gasteiger partial charge in [0.15, 0.2) is 5.69 Å². The highest BCUT2D eigenvalue weighted by Crippen LogP contribution is 2.26. The van der Waals surface area contributed by atoms with Crippen LogP contribution in [0.4, 0.5) is 0 Å². The van der Waals surface area contributed by atoms with Crippen LogP contribution >= 0.6 is 11.3 Å². The number of aryl methyl sites for hydroxylation is 1. The van der Waals surface area contributed by atoms with Crippen LogP contribution in [-0.4, -0.2) is 23.2 Å². The summed E-state index contributed by atoms with van der Waals surface area (Å²) in [5.41, 5.74) is 1.30. The third-order valence-electron chi connectivity index (χ3n) is 2.04. The van der Waals surface area contributed by atoms with E-state index >= 15 is 0 Å². The summed E-state index contributed by atoms with van der Waals surface area (Å²) in [5, 5.41) is 9.33. The number of aromatic nitrogens is 2. The quantitative estimate of drug-likeness (QED) is 0.812. The topological polar surface area (TPSA) is 57.8 Å². The number of carbonyl (C=O) groups is 1. The summed E-state index contributed by atoms with van der Waals surface area (Å²) in [6.07, 6.45) is 0. The van der Waals surface area contributed by atoms with Gasteiger partial charge in [-0.1, -0.05) is 0 Å². The molecule has 0 aliphatic heterocycles. The summed E-state index contributed by atoms with van der Waals surface area (Å²) in [4.78, 5) is 13.6. The van der Waals surface area contributed by atoms with Crippen molar-refractivity contribution in [2.24, 2.45) is 0 Å². The smallest absolute Gasteiger partial charge is 0.271 e. The highest BCUT2D eigenvalue weighted by molar-refractivity contribution is 7.15. The molecule has 78 valence electrons. The number of carbonyl (C=O) groups excluding carboxylic acids is 1. The van der Waals surface area contributed by atoms with E-state index < -0.39 is 0 Å². The van der Waals surface area contributed by atoms with Crippen LogP contribution in [0.2, 0.25) is 0 Å². The average molecular weight is 221 g/mol. The molecule has 0 unspecified atom stereocenters. The monoisotopic (exact) mass is 221 g/mol. The maximum Gasteiger partial charge on any atom is 0.271 e. The molecule has 2 rings (SSSR count). The number of hydrogen-bond donors (Lipinski definition) is 2. The molecule has 0 atom stereocenters. The van der Waals surface area contributed by atoms with E-state index in [0.29, 0.717) is 5.69 Å². The van der Waals surface area contributed by atoms with Crippen molar-refractivity contribution in [2.45, 2.75) is 6.92 Å². The molecule has 0 bridgehead atoms. The van der Waals surface area contributed by atoms with Gasteiger partial charge in [0, 0.05) is 11.9 Å². The predicted molar refractivity (Wildman–Crippen MR) is 60.0 cm³/mol. The fourth-order valence-electron chi connectivity index (χ4n) is 1.27. The fraction of sp³-hybridized carbons (Fsp3) is 0.200. The van der Waals surface area contributed by atoms with Gasteiger partial charge < -0.3 is 5.32 Å². The van der Waals surface area contributed by atoms with Gasteiger partial charge in [-0.25, -0.2) is 0 Å². The van der Waals surface area contributed by atoms with Crippen molar-refractivity contribution in [3.05, 3.63) is 28.8 Å². The molecule has 2 aromatic heterocycles. The molecular weight excluding hydrogens is 210 g/mol. The molecule has 2 aromatic rings. The molecule has 0 radical (unpaired) electrons. The molecule has 5 heteroatoms. The highest BCUT2D eigenvalue weighted by Gasteiger charge is 2.10. The standard InChI is InChI=1S/C10H11N3OS/c1-6-3-4-9(15-6)7-5-8(13-12-7)10(14)11-2/h3-5H,1-2H3,(H,11,14)(H,12,13). The van der Waals surface area contributed by atoms with Crippen LogP contribution in [0.5, 0.6) is 0 Å². The molecule has 0 spiro atoms. The third-order valence-corrected chi connectivity index (χ3v) is 3.08. The second kappa shape index (κ2) is 3.86. The minimum atomic E-state index is -0.175. The number of hydrogen-bond acceptors (Lipinski definition) is 3. The van der Waals surface area contributed by atoms with E-state index in [1.165, 1.54) is 4.88 Å². The molecule has 1 amide bonds. The zero-order valence-electron chi connectivity index (χ0n) is 8.50. The molecule has 0 saturated heterocycles. The second-order valence-electron chi connectivity index (χ2n) is 3.16. The van der Waals surface area contributed by atoms with Crippen LogP contribution in [0.15, 0.2) is 18.2 Å². The van der Waals surface area contributed by atoms with Crippen molar-refractivity contribution in [3.8, 4) is 10.6 Å². The van der Waals surface area contributed by atoms with Gasteiger partial charge in [-0.3, -0.25) is 9.89 Å². The Morgan fingerprint density at radius 1 is 1.53 bits per heavy atom. The van der Waals surface area contributed by atoms with Gasteiger partial charge in [0.2, 0.25) is 0 Å². The Morgan fingerprint density at radius 2 is 2.33 bits per heavy atom. The van der Waals surface area contributed by atoms with Crippen LogP contribution in [0.25, 0.3) is 10.6 Å². The van der Waals surface area contributed by atoms with Gasteiger partial charge in [-0.15, -0.1) is 11.3 Å². The lowest BCUT2D eigenvalue weighted by Crippen LogP contribution is -2.17. The van der Waals surface area contributed by atoms with Gasteiger partial charge >= 0.3 is 0 Å². The Hall–Kier alpha value is -1.62. The molecule has 0 aliphatic rings. The average Bonchev–Trinajstić information content (AvgIpc) is 2.84. The maximum absolute atomic E-state index is 11.3. The summed E-state index contributed by atoms with van der Waals surface area (Å²) >= 11 is 1.67. The van der Waals surface area contributed by atoms with Crippen LogP contribution in [0.3, 0.4) is 0 Å². The number of H-pyrrole nitrogens is 1. The van der Waals surface area contributed by atoms with Gasteiger partial charge in [0.25, 0.3) is 5.91 Å². The molecule has 2 heterocycles. The molecular formula is C10H11N3OS. The maximum atomic E-state index is 11.3. The van der Waals surface area contributed by atoms with E-state index in [9.17, 15) is 4.79 Å². The number of thiophene rings is 1. The fourth-order valence-corrected chi connectivity index (χ4v) is 2.11. The highest BCUT2D eigenvalue weighted by atomic mass is 32.1. The van der Waals surface area contributed by atoms with Crippen molar-refractivity contribution in [2.75, 3.05) is 7.05 Å². The Morgan fingerprint density at radius 3 is 2.93 bits per heavy atom. The van der Waals surface area contributed by atoms with Crippen molar-refractivity contribution in [1.82, 2.24) is 15.5 Å². The van der Waals surface area contributed by atoms with Gasteiger partial charge in [0.05, 0.1) is 10.6 Å². The van der Waals surface area contributed by atoms with Crippen molar-refractivity contribution < 1.29 is 4.79 Å². The number of nitrogens with zero attached hydrogens (tertiary/aromatic N) is 1. The SMILES string of the molecule is CNC(=O)c1cc(-c2ccc(C)s2)[nH]n1. The lowest BCUT2D eigenvalue weighted by Gasteiger charge is -1.90. The lowest BCUT2D eigenvalue weighted by atomic mass is 10.3. The van der Waals surface area contributed by atoms with E-state index in [4.69, 9.17) is 0 Å². The molecule has 0 aromatic carbocycles. The molecule has 0 fully saturated rings. The molecule has 0 aliphatic carbocycles. The van der Waals surface area contributed by atoms with Crippen LogP contribution in [0.1, 0.15) is 15.4 Å². The normalized spacial score (nSPS) is 10.3. The third kappa shape index (κ3) is 1.92. The first-order valence-electron chi connectivity index (χ1n) is 4.55. The molecule has 4 nitrogen and oxygen atoms in total. The number of nitrogens with one attached hydrogen (secondary N) is 2. The van der Waals surface area contributed by atoms with E-state index in [0.717, 1.165) is 10.6 Å². The largest absolute Gasteiger partial charge is 0.354 e. The molecule has 15 heavy (non-hydrogen) atoms. The predicted octanol–water partition coefficient (Wildman–Crippen LogP) is 1.81. The van der Waals surface area contributed by atoms with Crippen LogP contribution in [0, 0.1) is 6.92 Å². The van der Waals surface area contributed by atoms with Gasteiger partial charge in [-0.2, -0.15) is 5.10 Å². The minimum absolute atomic E-state index is 0.175. The minimum Gasteiger partial charge on any atom is -0.354 e. The number of amides is 1. The number of rotatable bonds is 2. The van der Waals surface area contributed by atoms with Crippen molar-refractivity contribution in [3.63, 3.8) is 0 Å². The van der Waals surface area contributed by atoms with E-state index in [1.54, 1.807) is 24.5 Å². The first-order chi connectivity index (χ1) is 7.20. The number of aromatic amines is 1. The first kappa shape index (κ1) is 9.92. The Balaban J connectivity index is 2.31. The van der Waals surface area contributed by atoms with Gasteiger partial charge in [0.1, 0.15) is 0 Å². The zero-order valence-corrected chi connectivity index (χ0v) is 9.31. The second-order valence-corrected chi connectivity index (χ2v) is 4.44. The Kier molecular flexibility index (Phi) is 2.55. The summed E-state index contributed by atoms with van der Waals surface area (Å²) in [5.74, 6) is -0.175. The Labute approximate surface area is 91.3 Å². The summed E-state index contributed by atoms with van der Waals surface area (Å²) in [6, 6.07) is 5.81. The summed E-state index contributed by atoms with van der Waals surface area (Å²) < 4.78 is 0. The van der Waals surface area contributed by atoms with Crippen LogP contribution < -0.4 is 5.32 Å². The van der Waals surface area contributed by atoms with E-state index in [1.807, 2.05) is 19.1 Å².